The lowest BCUT2D eigenvalue weighted by molar-refractivity contribution is -0.117. The third kappa shape index (κ3) is 2.73. The smallest absolute Gasteiger partial charge is 0.232 e. The number of hydrogen-bond donors (Lipinski definition) is 1. The van der Waals surface area contributed by atoms with Crippen molar-refractivity contribution in [1.82, 2.24) is 0 Å². The van der Waals surface area contributed by atoms with E-state index in [2.05, 4.69) is 5.32 Å². The van der Waals surface area contributed by atoms with E-state index in [9.17, 15) is 9.59 Å². The second-order valence-corrected chi connectivity index (χ2v) is 5.77. The van der Waals surface area contributed by atoms with Gasteiger partial charge in [-0.05, 0) is 30.2 Å². The maximum Gasteiger partial charge on any atom is 0.232 e. The third-order valence-corrected chi connectivity index (χ3v) is 4.34. The van der Waals surface area contributed by atoms with Crippen LogP contribution in [-0.2, 0) is 4.79 Å². The minimum absolute atomic E-state index is 0.00598. The molecule has 1 aliphatic rings. The normalized spacial score (nSPS) is 15.8. The summed E-state index contributed by atoms with van der Waals surface area (Å²) < 4.78 is 10.5. The Morgan fingerprint density at radius 1 is 1.17 bits per heavy atom. The van der Waals surface area contributed by atoms with Crippen molar-refractivity contribution in [2.24, 2.45) is 0 Å². The minimum atomic E-state index is -0.482. The van der Waals surface area contributed by atoms with E-state index in [-0.39, 0.29) is 18.1 Å². The number of nitrogens with one attached hydrogen (secondary N) is 1. The Bertz CT molecular complexity index is 813. The third-order valence-electron chi connectivity index (χ3n) is 4.34. The molecule has 0 radical (unpaired) electrons. The highest BCUT2D eigenvalue weighted by Crippen LogP contribution is 2.37. The number of anilines is 1. The first-order chi connectivity index (χ1) is 11.5. The van der Waals surface area contributed by atoms with E-state index < -0.39 is 5.92 Å². The van der Waals surface area contributed by atoms with Crippen LogP contribution in [-0.4, -0.2) is 25.9 Å². The lowest BCUT2D eigenvalue weighted by Crippen LogP contribution is -2.20. The summed E-state index contributed by atoms with van der Waals surface area (Å²) in [6.45, 7) is 1.92. The summed E-state index contributed by atoms with van der Waals surface area (Å²) in [6, 6.07) is 10.7. The van der Waals surface area contributed by atoms with Gasteiger partial charge in [-0.25, -0.2) is 0 Å². The molecule has 0 fully saturated rings. The fourth-order valence-electron chi connectivity index (χ4n) is 3.14. The molecule has 1 atom stereocenters. The van der Waals surface area contributed by atoms with E-state index in [1.165, 1.54) is 7.11 Å². The highest BCUT2D eigenvalue weighted by Gasteiger charge is 2.35. The number of fused-ring (bicyclic) bond motifs is 1. The molecule has 3 rings (SSSR count). The fourth-order valence-corrected chi connectivity index (χ4v) is 3.14. The van der Waals surface area contributed by atoms with Crippen LogP contribution in [0, 0.1) is 6.92 Å². The molecule has 24 heavy (non-hydrogen) atoms. The number of carbonyl (C=O) groups is 2. The number of hydrogen-bond acceptors (Lipinski definition) is 4. The summed E-state index contributed by atoms with van der Waals surface area (Å²) >= 11 is 0. The molecule has 5 heteroatoms. The first-order valence-corrected chi connectivity index (χ1v) is 7.70. The van der Waals surface area contributed by atoms with Crippen LogP contribution < -0.4 is 14.8 Å². The van der Waals surface area contributed by atoms with Gasteiger partial charge >= 0.3 is 0 Å². The average Bonchev–Trinajstić information content (AvgIpc) is 2.93. The minimum Gasteiger partial charge on any atom is -0.497 e. The van der Waals surface area contributed by atoms with Gasteiger partial charge in [0.05, 0.1) is 25.8 Å². The number of Topliss-reactive ketones (excluding diaryl/α,β-unsaturated/α-hetero) is 1. The molecule has 0 aromatic heterocycles. The van der Waals surface area contributed by atoms with Crippen molar-refractivity contribution in [3.63, 3.8) is 0 Å². The summed E-state index contributed by atoms with van der Waals surface area (Å²) in [5.41, 5.74) is 2.95. The van der Waals surface area contributed by atoms with E-state index >= 15 is 0 Å². The molecule has 0 aliphatic heterocycles. The number of methoxy groups -OCH3 is 2. The van der Waals surface area contributed by atoms with Crippen LogP contribution in [0.3, 0.4) is 0 Å². The highest BCUT2D eigenvalue weighted by atomic mass is 16.5. The summed E-state index contributed by atoms with van der Waals surface area (Å²) in [4.78, 5) is 25.0. The average molecular weight is 325 g/mol. The predicted molar refractivity (Wildman–Crippen MR) is 91.0 cm³/mol. The van der Waals surface area contributed by atoms with Gasteiger partial charge in [-0.3, -0.25) is 9.59 Å². The van der Waals surface area contributed by atoms with Crippen LogP contribution in [0.15, 0.2) is 36.4 Å². The summed E-state index contributed by atoms with van der Waals surface area (Å²) in [7, 11) is 3.10. The quantitative estimate of drug-likeness (QED) is 0.936. The Morgan fingerprint density at radius 2 is 1.96 bits per heavy atom. The summed E-state index contributed by atoms with van der Waals surface area (Å²) in [6.07, 6.45) is 0.193. The first kappa shape index (κ1) is 16.1. The van der Waals surface area contributed by atoms with Gasteiger partial charge in [-0.2, -0.15) is 0 Å². The second-order valence-electron chi connectivity index (χ2n) is 5.77. The number of carbonyl (C=O) groups excluding carboxylic acids is 2. The zero-order valence-electron chi connectivity index (χ0n) is 13.9. The molecule has 1 amide bonds. The monoisotopic (exact) mass is 325 g/mol. The van der Waals surface area contributed by atoms with Crippen molar-refractivity contribution in [3.05, 3.63) is 53.1 Å². The Kier molecular flexibility index (Phi) is 4.25. The fraction of sp³-hybridized carbons (Fsp3) is 0.263. The van der Waals surface area contributed by atoms with Crippen molar-refractivity contribution in [3.8, 4) is 11.5 Å². The van der Waals surface area contributed by atoms with Crippen LogP contribution in [0.5, 0.6) is 11.5 Å². The van der Waals surface area contributed by atoms with Crippen LogP contribution in [0.4, 0.5) is 5.69 Å². The molecule has 0 heterocycles. The summed E-state index contributed by atoms with van der Waals surface area (Å²) in [5, 5.41) is 2.87. The number of ether oxygens (including phenoxy) is 2. The largest absolute Gasteiger partial charge is 0.497 e. The number of benzene rings is 2. The lowest BCUT2D eigenvalue weighted by atomic mass is 9.95. The van der Waals surface area contributed by atoms with Crippen molar-refractivity contribution in [2.75, 3.05) is 19.5 Å². The van der Waals surface area contributed by atoms with Crippen molar-refractivity contribution < 1.29 is 19.1 Å². The molecule has 0 saturated carbocycles. The molecule has 1 unspecified atom stereocenters. The number of amides is 1. The van der Waals surface area contributed by atoms with Gasteiger partial charge in [0.25, 0.3) is 0 Å². The zero-order chi connectivity index (χ0) is 17.3. The number of aryl methyl sites for hydroxylation is 1. The molecule has 2 aromatic rings. The maximum absolute atomic E-state index is 12.8. The van der Waals surface area contributed by atoms with E-state index in [0.717, 1.165) is 11.1 Å². The van der Waals surface area contributed by atoms with E-state index in [1.807, 2.05) is 19.1 Å². The van der Waals surface area contributed by atoms with Crippen molar-refractivity contribution in [2.45, 2.75) is 19.3 Å². The Hall–Kier alpha value is -2.82. The molecule has 2 aromatic carbocycles. The van der Waals surface area contributed by atoms with Gasteiger partial charge in [0.2, 0.25) is 5.91 Å². The van der Waals surface area contributed by atoms with Crippen LogP contribution in [0.1, 0.15) is 33.8 Å². The Balaban J connectivity index is 1.91. The van der Waals surface area contributed by atoms with Crippen LogP contribution in [0.25, 0.3) is 0 Å². The number of ketones is 1. The van der Waals surface area contributed by atoms with Gasteiger partial charge < -0.3 is 14.8 Å². The number of rotatable bonds is 4. The SMILES string of the molecule is COc1ccc(OC)c(NC(=O)C2CC(=O)c3cccc(C)c32)c1. The second kappa shape index (κ2) is 6.35. The molecule has 0 saturated heterocycles. The van der Waals surface area contributed by atoms with Gasteiger partial charge in [0.15, 0.2) is 5.78 Å². The van der Waals surface area contributed by atoms with Crippen molar-refractivity contribution in [1.29, 1.82) is 0 Å². The topological polar surface area (TPSA) is 64.6 Å². The van der Waals surface area contributed by atoms with Gasteiger partial charge in [0, 0.05) is 18.1 Å². The molecule has 0 bridgehead atoms. The van der Waals surface area contributed by atoms with Gasteiger partial charge in [0.1, 0.15) is 11.5 Å². The van der Waals surface area contributed by atoms with Gasteiger partial charge in [-0.1, -0.05) is 18.2 Å². The summed E-state index contributed by atoms with van der Waals surface area (Å²) in [5.74, 6) is 0.461. The molecule has 124 valence electrons. The molecule has 1 N–H and O–H groups in total. The van der Waals surface area contributed by atoms with E-state index in [1.54, 1.807) is 31.4 Å². The zero-order valence-corrected chi connectivity index (χ0v) is 13.9. The Morgan fingerprint density at radius 3 is 2.67 bits per heavy atom. The molecule has 5 nitrogen and oxygen atoms in total. The predicted octanol–water partition coefficient (Wildman–Crippen LogP) is 3.32. The van der Waals surface area contributed by atoms with E-state index in [4.69, 9.17) is 9.47 Å². The molecule has 1 aliphatic carbocycles. The van der Waals surface area contributed by atoms with Crippen LogP contribution in [0.2, 0.25) is 0 Å². The molecule has 0 spiro atoms. The maximum atomic E-state index is 12.8. The Labute approximate surface area is 140 Å². The van der Waals surface area contributed by atoms with E-state index in [0.29, 0.717) is 22.7 Å². The van der Waals surface area contributed by atoms with Crippen molar-refractivity contribution >= 4 is 17.4 Å². The molecular formula is C19H19NO4. The van der Waals surface area contributed by atoms with Gasteiger partial charge in [-0.15, -0.1) is 0 Å². The standard InChI is InChI=1S/C19H19NO4/c1-11-5-4-6-13-16(21)10-14(18(11)13)19(22)20-15-9-12(23-2)7-8-17(15)24-3/h4-9,14H,10H2,1-3H3,(H,20,22). The lowest BCUT2D eigenvalue weighted by Gasteiger charge is -2.16. The highest BCUT2D eigenvalue weighted by molar-refractivity contribution is 6.10. The van der Waals surface area contributed by atoms with Crippen LogP contribution >= 0.6 is 0 Å². The first-order valence-electron chi connectivity index (χ1n) is 7.70. The molecular weight excluding hydrogens is 306 g/mol.